The molecule has 0 bridgehead atoms. The van der Waals surface area contributed by atoms with E-state index in [1.165, 1.54) is 19.4 Å². The van der Waals surface area contributed by atoms with Crippen LogP contribution in [-0.4, -0.2) is 36.1 Å². The molecule has 16 heavy (non-hydrogen) atoms. The molecule has 0 aromatic carbocycles. The third kappa shape index (κ3) is 3.03. The molecule has 88 valence electrons. The summed E-state index contributed by atoms with van der Waals surface area (Å²) >= 11 is 0. The Labute approximate surface area is 97.9 Å². The molecule has 1 atom stereocenters. The smallest absolute Gasteiger partial charge is 0.0544 e. The van der Waals surface area contributed by atoms with Crippen LogP contribution in [0.15, 0.2) is 18.2 Å². The van der Waals surface area contributed by atoms with E-state index in [9.17, 15) is 0 Å². The average Bonchev–Trinajstić information content (AvgIpc) is 2.65. The van der Waals surface area contributed by atoms with Crippen molar-refractivity contribution < 1.29 is 0 Å². The fourth-order valence-electron chi connectivity index (χ4n) is 2.30. The van der Waals surface area contributed by atoms with E-state index < -0.39 is 0 Å². The van der Waals surface area contributed by atoms with Gasteiger partial charge in [0.25, 0.3) is 0 Å². The Morgan fingerprint density at radius 3 is 3.06 bits per heavy atom. The summed E-state index contributed by atoms with van der Waals surface area (Å²) in [5.41, 5.74) is 2.23. The Morgan fingerprint density at radius 1 is 1.50 bits per heavy atom. The van der Waals surface area contributed by atoms with Crippen molar-refractivity contribution in [3.8, 4) is 0 Å². The van der Waals surface area contributed by atoms with Crippen molar-refractivity contribution in [3.63, 3.8) is 0 Å². The van der Waals surface area contributed by atoms with Gasteiger partial charge in [-0.25, -0.2) is 0 Å². The summed E-state index contributed by atoms with van der Waals surface area (Å²) < 4.78 is 0. The maximum atomic E-state index is 4.48. The molecule has 0 amide bonds. The number of nitrogens with zero attached hydrogens (tertiary/aromatic N) is 2. The fraction of sp³-hybridized carbons (Fsp3) is 0.615. The van der Waals surface area contributed by atoms with E-state index in [-0.39, 0.29) is 0 Å². The predicted molar refractivity (Wildman–Crippen MR) is 66.3 cm³/mol. The molecule has 0 saturated carbocycles. The second-order valence-corrected chi connectivity index (χ2v) is 4.68. The lowest BCUT2D eigenvalue weighted by molar-refractivity contribution is 0.300. The van der Waals surface area contributed by atoms with Crippen LogP contribution >= 0.6 is 0 Å². The van der Waals surface area contributed by atoms with Crippen molar-refractivity contribution in [1.82, 2.24) is 15.2 Å². The van der Waals surface area contributed by atoms with Crippen LogP contribution < -0.4 is 5.32 Å². The van der Waals surface area contributed by atoms with Crippen molar-refractivity contribution in [1.29, 1.82) is 0 Å². The SMILES string of the molecule is Cc1cccc(CNCC2CCCN2C)n1. The number of hydrogen-bond acceptors (Lipinski definition) is 3. The molecule has 1 aromatic rings. The van der Waals surface area contributed by atoms with E-state index >= 15 is 0 Å². The van der Waals surface area contributed by atoms with Crippen LogP contribution in [0.5, 0.6) is 0 Å². The van der Waals surface area contributed by atoms with Crippen LogP contribution in [0.2, 0.25) is 0 Å². The lowest BCUT2D eigenvalue weighted by Gasteiger charge is -2.19. The molecular formula is C13H21N3. The van der Waals surface area contributed by atoms with Crippen LogP contribution in [0.4, 0.5) is 0 Å². The maximum absolute atomic E-state index is 4.48. The van der Waals surface area contributed by atoms with Gasteiger partial charge in [0.15, 0.2) is 0 Å². The maximum Gasteiger partial charge on any atom is 0.0544 e. The summed E-state index contributed by atoms with van der Waals surface area (Å²) in [6, 6.07) is 6.90. The number of aryl methyl sites for hydroxylation is 1. The van der Waals surface area contributed by atoms with Crippen molar-refractivity contribution in [2.75, 3.05) is 20.1 Å². The third-order valence-corrected chi connectivity index (χ3v) is 3.30. The number of nitrogens with one attached hydrogen (secondary N) is 1. The minimum absolute atomic E-state index is 0.713. The Kier molecular flexibility index (Phi) is 3.91. The molecule has 3 nitrogen and oxygen atoms in total. The highest BCUT2D eigenvalue weighted by molar-refractivity contribution is 5.09. The normalized spacial score (nSPS) is 21.5. The zero-order valence-corrected chi connectivity index (χ0v) is 10.2. The van der Waals surface area contributed by atoms with E-state index in [2.05, 4.69) is 34.4 Å². The summed E-state index contributed by atoms with van der Waals surface area (Å²) in [4.78, 5) is 6.92. The molecule has 0 radical (unpaired) electrons. The Balaban J connectivity index is 1.75. The van der Waals surface area contributed by atoms with Crippen molar-refractivity contribution >= 4 is 0 Å². The zero-order valence-electron chi connectivity index (χ0n) is 10.2. The van der Waals surface area contributed by atoms with E-state index in [1.807, 2.05) is 13.0 Å². The van der Waals surface area contributed by atoms with E-state index in [4.69, 9.17) is 0 Å². The lowest BCUT2D eigenvalue weighted by atomic mass is 10.2. The number of hydrogen-bond donors (Lipinski definition) is 1. The second kappa shape index (κ2) is 5.41. The highest BCUT2D eigenvalue weighted by Crippen LogP contribution is 2.13. The number of rotatable bonds is 4. The van der Waals surface area contributed by atoms with Gasteiger partial charge in [-0.15, -0.1) is 0 Å². The largest absolute Gasteiger partial charge is 0.310 e. The van der Waals surface area contributed by atoms with Gasteiger partial charge in [-0.1, -0.05) is 6.07 Å². The molecule has 2 heterocycles. The van der Waals surface area contributed by atoms with Gasteiger partial charge < -0.3 is 10.2 Å². The van der Waals surface area contributed by atoms with Crippen molar-refractivity contribution in [2.24, 2.45) is 0 Å². The number of pyridine rings is 1. The van der Waals surface area contributed by atoms with Gasteiger partial charge in [-0.3, -0.25) is 4.98 Å². The van der Waals surface area contributed by atoms with Crippen LogP contribution in [0.1, 0.15) is 24.2 Å². The second-order valence-electron chi connectivity index (χ2n) is 4.68. The average molecular weight is 219 g/mol. The molecule has 0 aliphatic carbocycles. The summed E-state index contributed by atoms with van der Waals surface area (Å²) in [7, 11) is 2.21. The van der Waals surface area contributed by atoms with Gasteiger partial charge >= 0.3 is 0 Å². The minimum atomic E-state index is 0.713. The Morgan fingerprint density at radius 2 is 2.38 bits per heavy atom. The predicted octanol–water partition coefficient (Wildman–Crippen LogP) is 1.57. The highest BCUT2D eigenvalue weighted by Gasteiger charge is 2.19. The van der Waals surface area contributed by atoms with Gasteiger partial charge in [-0.05, 0) is 45.5 Å². The standard InChI is InChI=1S/C13H21N3/c1-11-5-3-6-12(15-11)9-14-10-13-7-4-8-16(13)2/h3,5-6,13-14H,4,7-10H2,1-2H3. The van der Waals surface area contributed by atoms with E-state index in [0.717, 1.165) is 24.5 Å². The molecule has 1 N–H and O–H groups in total. The van der Waals surface area contributed by atoms with Crippen molar-refractivity contribution in [3.05, 3.63) is 29.6 Å². The first-order valence-electron chi connectivity index (χ1n) is 6.09. The molecule has 1 fully saturated rings. The molecular weight excluding hydrogens is 198 g/mol. The van der Waals surface area contributed by atoms with E-state index in [0.29, 0.717) is 6.04 Å². The summed E-state index contributed by atoms with van der Waals surface area (Å²) in [6.07, 6.45) is 2.66. The van der Waals surface area contributed by atoms with Gasteiger partial charge in [0, 0.05) is 24.8 Å². The lowest BCUT2D eigenvalue weighted by Crippen LogP contribution is -2.35. The van der Waals surface area contributed by atoms with E-state index in [1.54, 1.807) is 0 Å². The van der Waals surface area contributed by atoms with Gasteiger partial charge in [0.2, 0.25) is 0 Å². The quantitative estimate of drug-likeness (QED) is 0.833. The molecule has 1 aromatic heterocycles. The molecule has 1 aliphatic rings. The summed E-state index contributed by atoms with van der Waals surface area (Å²) in [5, 5.41) is 3.50. The molecule has 3 heteroatoms. The Hall–Kier alpha value is -0.930. The first-order valence-corrected chi connectivity index (χ1v) is 6.09. The Bertz CT molecular complexity index is 338. The first-order chi connectivity index (χ1) is 7.75. The molecule has 1 aliphatic heterocycles. The highest BCUT2D eigenvalue weighted by atomic mass is 15.2. The van der Waals surface area contributed by atoms with Gasteiger partial charge in [-0.2, -0.15) is 0 Å². The number of likely N-dealkylation sites (N-methyl/N-ethyl adjacent to an activating group) is 1. The topological polar surface area (TPSA) is 28.2 Å². The summed E-state index contributed by atoms with van der Waals surface area (Å²) in [6.45, 7) is 5.24. The van der Waals surface area contributed by atoms with Crippen LogP contribution in [0, 0.1) is 6.92 Å². The van der Waals surface area contributed by atoms with Gasteiger partial charge in [0.05, 0.1) is 5.69 Å². The van der Waals surface area contributed by atoms with Crippen molar-refractivity contribution in [2.45, 2.75) is 32.4 Å². The third-order valence-electron chi connectivity index (χ3n) is 3.30. The molecule has 1 unspecified atom stereocenters. The van der Waals surface area contributed by atoms with Crippen LogP contribution in [0.25, 0.3) is 0 Å². The zero-order chi connectivity index (χ0) is 11.4. The minimum Gasteiger partial charge on any atom is -0.310 e. The monoisotopic (exact) mass is 219 g/mol. The molecule has 2 rings (SSSR count). The van der Waals surface area contributed by atoms with Crippen LogP contribution in [0.3, 0.4) is 0 Å². The first kappa shape index (κ1) is 11.6. The number of aromatic nitrogens is 1. The van der Waals surface area contributed by atoms with Gasteiger partial charge in [0.1, 0.15) is 0 Å². The molecule has 1 saturated heterocycles. The van der Waals surface area contributed by atoms with Crippen LogP contribution in [-0.2, 0) is 6.54 Å². The fourth-order valence-corrected chi connectivity index (χ4v) is 2.30. The number of likely N-dealkylation sites (tertiary alicyclic amines) is 1. The summed E-state index contributed by atoms with van der Waals surface area (Å²) in [5.74, 6) is 0. The molecule has 0 spiro atoms.